The number of aromatic amines is 1. The molecule has 26 heavy (non-hydrogen) atoms. The summed E-state index contributed by atoms with van der Waals surface area (Å²) >= 11 is 0. The average molecular weight is 375 g/mol. The smallest absolute Gasteiger partial charge is 0.265 e. The third-order valence-corrected chi connectivity index (χ3v) is 5.37. The quantitative estimate of drug-likeness (QED) is 0.690. The maximum Gasteiger partial charge on any atom is 0.265 e. The Labute approximate surface area is 151 Å². The summed E-state index contributed by atoms with van der Waals surface area (Å²) in [4.78, 5) is 0.143. The number of aryl methyl sites for hydroxylation is 2. The highest BCUT2D eigenvalue weighted by molar-refractivity contribution is 7.92. The second-order valence-corrected chi connectivity index (χ2v) is 7.43. The van der Waals surface area contributed by atoms with E-state index in [0.29, 0.717) is 28.4 Å². The Morgan fingerprint density at radius 2 is 1.88 bits per heavy atom. The van der Waals surface area contributed by atoms with Crippen molar-refractivity contribution in [1.29, 1.82) is 0 Å². The topological polar surface area (TPSA) is 84.1 Å². The Morgan fingerprint density at radius 3 is 2.50 bits per heavy atom. The van der Waals surface area contributed by atoms with Gasteiger partial charge in [0.15, 0.2) is 0 Å². The van der Waals surface area contributed by atoms with Crippen LogP contribution in [0.15, 0.2) is 53.4 Å². The summed E-state index contributed by atoms with van der Waals surface area (Å²) in [5.41, 5.74) is 2.00. The molecule has 0 saturated heterocycles. The van der Waals surface area contributed by atoms with Crippen LogP contribution in [0.1, 0.15) is 17.0 Å². The standard InChI is InChI=1S/C18H18FN3O3S/c1-12-18(13(2)21-20-12)26(23,24)22-16-6-8-17(9-7-16)25-11-14-4-3-5-15(19)10-14/h3-10,22H,11H2,1-2H3,(H,20,21). The van der Waals surface area contributed by atoms with Crippen LogP contribution in [0.5, 0.6) is 5.75 Å². The predicted octanol–water partition coefficient (Wildman–Crippen LogP) is 3.55. The normalized spacial score (nSPS) is 11.3. The van der Waals surface area contributed by atoms with Gasteiger partial charge in [0.25, 0.3) is 10.0 Å². The van der Waals surface area contributed by atoms with Gasteiger partial charge in [-0.05, 0) is 55.8 Å². The molecule has 8 heteroatoms. The van der Waals surface area contributed by atoms with Crippen LogP contribution in [0.3, 0.4) is 0 Å². The highest BCUT2D eigenvalue weighted by atomic mass is 32.2. The SMILES string of the molecule is Cc1n[nH]c(C)c1S(=O)(=O)Nc1ccc(OCc2cccc(F)c2)cc1. The van der Waals surface area contributed by atoms with Gasteiger partial charge in [-0.2, -0.15) is 5.10 Å². The Bertz CT molecular complexity index is 995. The molecule has 1 heterocycles. The van der Waals surface area contributed by atoms with Crippen molar-refractivity contribution in [1.82, 2.24) is 10.2 Å². The van der Waals surface area contributed by atoms with Gasteiger partial charge in [-0.3, -0.25) is 9.82 Å². The van der Waals surface area contributed by atoms with Crippen molar-refractivity contribution in [3.05, 3.63) is 71.3 Å². The fraction of sp³-hybridized carbons (Fsp3) is 0.167. The fourth-order valence-corrected chi connectivity index (χ4v) is 3.99. The third kappa shape index (κ3) is 4.02. The van der Waals surface area contributed by atoms with E-state index >= 15 is 0 Å². The van der Waals surface area contributed by atoms with E-state index in [4.69, 9.17) is 4.74 Å². The predicted molar refractivity (Wildman–Crippen MR) is 96.0 cm³/mol. The number of nitrogens with one attached hydrogen (secondary N) is 2. The Kier molecular flexibility index (Phi) is 4.94. The largest absolute Gasteiger partial charge is 0.489 e. The van der Waals surface area contributed by atoms with Gasteiger partial charge in [0.1, 0.15) is 23.1 Å². The molecule has 0 aliphatic heterocycles. The molecule has 0 bridgehead atoms. The highest BCUT2D eigenvalue weighted by Gasteiger charge is 2.22. The Morgan fingerprint density at radius 1 is 1.15 bits per heavy atom. The zero-order chi connectivity index (χ0) is 18.7. The minimum absolute atomic E-state index is 0.143. The van der Waals surface area contributed by atoms with Crippen molar-refractivity contribution in [3.63, 3.8) is 0 Å². The molecule has 3 rings (SSSR count). The first-order valence-electron chi connectivity index (χ1n) is 7.87. The minimum atomic E-state index is -3.73. The number of H-pyrrole nitrogens is 1. The van der Waals surface area contributed by atoms with Gasteiger partial charge in [0.2, 0.25) is 0 Å². The number of hydrogen-bond donors (Lipinski definition) is 2. The van der Waals surface area contributed by atoms with Crippen LogP contribution in [0.4, 0.5) is 10.1 Å². The highest BCUT2D eigenvalue weighted by Crippen LogP contribution is 2.23. The molecule has 1 aromatic heterocycles. The molecule has 3 aromatic rings. The first kappa shape index (κ1) is 17.9. The average Bonchev–Trinajstić information content (AvgIpc) is 2.93. The number of sulfonamides is 1. The van der Waals surface area contributed by atoms with Crippen LogP contribution in [0.25, 0.3) is 0 Å². The van der Waals surface area contributed by atoms with Crippen LogP contribution >= 0.6 is 0 Å². The second-order valence-electron chi connectivity index (χ2n) is 5.81. The molecule has 6 nitrogen and oxygen atoms in total. The number of benzene rings is 2. The van der Waals surface area contributed by atoms with Gasteiger partial charge in [0.05, 0.1) is 11.4 Å². The molecule has 0 amide bonds. The van der Waals surface area contributed by atoms with Crippen LogP contribution in [-0.2, 0) is 16.6 Å². The van der Waals surface area contributed by atoms with Crippen molar-refractivity contribution in [2.24, 2.45) is 0 Å². The van der Waals surface area contributed by atoms with E-state index in [1.807, 2.05) is 0 Å². The molecule has 0 fully saturated rings. The van der Waals surface area contributed by atoms with E-state index in [1.54, 1.807) is 50.2 Å². The van der Waals surface area contributed by atoms with Gasteiger partial charge in [-0.25, -0.2) is 12.8 Å². The molecular formula is C18H18FN3O3S. The van der Waals surface area contributed by atoms with E-state index in [-0.39, 0.29) is 17.3 Å². The molecule has 0 spiro atoms. The monoisotopic (exact) mass is 375 g/mol. The second kappa shape index (κ2) is 7.17. The molecule has 0 aliphatic rings. The first-order chi connectivity index (χ1) is 12.3. The summed E-state index contributed by atoms with van der Waals surface area (Å²) in [6.45, 7) is 3.50. The molecule has 136 valence electrons. The summed E-state index contributed by atoms with van der Waals surface area (Å²) in [6, 6.07) is 12.6. The lowest BCUT2D eigenvalue weighted by atomic mass is 10.2. The van der Waals surface area contributed by atoms with Crippen LogP contribution < -0.4 is 9.46 Å². The van der Waals surface area contributed by atoms with Gasteiger partial charge in [-0.15, -0.1) is 0 Å². The minimum Gasteiger partial charge on any atom is -0.489 e. The lowest BCUT2D eigenvalue weighted by Crippen LogP contribution is -2.14. The van der Waals surface area contributed by atoms with E-state index in [2.05, 4.69) is 14.9 Å². The number of aromatic nitrogens is 2. The number of rotatable bonds is 6. The summed E-state index contributed by atoms with van der Waals surface area (Å²) in [5, 5.41) is 6.56. The van der Waals surface area contributed by atoms with E-state index in [0.717, 1.165) is 0 Å². The van der Waals surface area contributed by atoms with Crippen LogP contribution in [0, 0.1) is 19.7 Å². The molecule has 2 aromatic carbocycles. The van der Waals surface area contributed by atoms with Gasteiger partial charge >= 0.3 is 0 Å². The zero-order valence-electron chi connectivity index (χ0n) is 14.3. The maximum absolute atomic E-state index is 13.1. The third-order valence-electron chi connectivity index (χ3n) is 3.73. The van der Waals surface area contributed by atoms with Crippen molar-refractivity contribution >= 4 is 15.7 Å². The molecule has 0 atom stereocenters. The van der Waals surface area contributed by atoms with Gasteiger partial charge < -0.3 is 4.74 Å². The fourth-order valence-electron chi connectivity index (χ4n) is 2.56. The molecule has 0 radical (unpaired) electrons. The Balaban J connectivity index is 1.68. The summed E-state index contributed by atoms with van der Waals surface area (Å²) in [6.07, 6.45) is 0. The van der Waals surface area contributed by atoms with Crippen LogP contribution in [-0.4, -0.2) is 18.6 Å². The number of anilines is 1. The molecule has 0 unspecified atom stereocenters. The van der Waals surface area contributed by atoms with Gasteiger partial charge in [0, 0.05) is 5.69 Å². The molecular weight excluding hydrogens is 357 g/mol. The van der Waals surface area contributed by atoms with Crippen LogP contribution in [0.2, 0.25) is 0 Å². The van der Waals surface area contributed by atoms with E-state index < -0.39 is 10.0 Å². The van der Waals surface area contributed by atoms with Crippen molar-refractivity contribution in [2.45, 2.75) is 25.3 Å². The zero-order valence-corrected chi connectivity index (χ0v) is 15.1. The first-order valence-corrected chi connectivity index (χ1v) is 9.35. The van der Waals surface area contributed by atoms with Crippen molar-refractivity contribution in [2.75, 3.05) is 4.72 Å². The summed E-state index contributed by atoms with van der Waals surface area (Å²) in [5.74, 6) is 0.230. The number of halogens is 1. The molecule has 2 N–H and O–H groups in total. The molecule has 0 saturated carbocycles. The number of ether oxygens (including phenoxy) is 1. The maximum atomic E-state index is 13.1. The lowest BCUT2D eigenvalue weighted by Gasteiger charge is -2.10. The lowest BCUT2D eigenvalue weighted by molar-refractivity contribution is 0.305. The number of hydrogen-bond acceptors (Lipinski definition) is 4. The van der Waals surface area contributed by atoms with E-state index in [1.165, 1.54) is 12.1 Å². The Hall–Kier alpha value is -2.87. The molecule has 0 aliphatic carbocycles. The van der Waals surface area contributed by atoms with Crippen molar-refractivity contribution in [3.8, 4) is 5.75 Å². The van der Waals surface area contributed by atoms with E-state index in [9.17, 15) is 12.8 Å². The summed E-state index contributed by atoms with van der Waals surface area (Å²) < 4.78 is 46.2. The summed E-state index contributed by atoms with van der Waals surface area (Å²) in [7, 11) is -3.73. The van der Waals surface area contributed by atoms with Gasteiger partial charge in [-0.1, -0.05) is 12.1 Å². The number of nitrogens with zero attached hydrogens (tertiary/aromatic N) is 1. The van der Waals surface area contributed by atoms with Crippen molar-refractivity contribution < 1.29 is 17.5 Å².